The molecule has 0 unspecified atom stereocenters. The topological polar surface area (TPSA) is 30.4 Å². The summed E-state index contributed by atoms with van der Waals surface area (Å²) in [5.41, 5.74) is 4.14. The number of fused-ring (bicyclic) bond motifs is 1. The van der Waals surface area contributed by atoms with Gasteiger partial charge in [0.25, 0.3) is 0 Å². The first kappa shape index (κ1) is 8.29. The largest absolute Gasteiger partial charge is 0.444 e. The SMILES string of the molecule is Cc1ccccc1-c1coc2ccnn12. The number of aromatic nitrogens is 2. The summed E-state index contributed by atoms with van der Waals surface area (Å²) in [6.07, 6.45) is 3.48. The second kappa shape index (κ2) is 2.98. The maximum atomic E-state index is 5.40. The van der Waals surface area contributed by atoms with Crippen LogP contribution < -0.4 is 0 Å². The molecule has 3 rings (SSSR count). The van der Waals surface area contributed by atoms with Gasteiger partial charge in [0.15, 0.2) is 0 Å². The monoisotopic (exact) mass is 198 g/mol. The molecule has 0 amide bonds. The Morgan fingerprint density at radius 1 is 1.20 bits per heavy atom. The van der Waals surface area contributed by atoms with E-state index < -0.39 is 0 Å². The molecule has 2 heterocycles. The molecule has 3 nitrogen and oxygen atoms in total. The van der Waals surface area contributed by atoms with E-state index in [-0.39, 0.29) is 0 Å². The van der Waals surface area contributed by atoms with Crippen molar-refractivity contribution in [3.8, 4) is 11.3 Å². The van der Waals surface area contributed by atoms with E-state index in [1.165, 1.54) is 5.56 Å². The average molecular weight is 198 g/mol. The summed E-state index contributed by atoms with van der Waals surface area (Å²) in [6.45, 7) is 2.08. The fourth-order valence-electron chi connectivity index (χ4n) is 1.77. The molecule has 3 aromatic rings. The van der Waals surface area contributed by atoms with Crippen molar-refractivity contribution in [2.24, 2.45) is 0 Å². The summed E-state index contributed by atoms with van der Waals surface area (Å²) < 4.78 is 7.21. The van der Waals surface area contributed by atoms with Crippen LogP contribution in [0.5, 0.6) is 0 Å². The van der Waals surface area contributed by atoms with Crippen LogP contribution in [0.15, 0.2) is 47.2 Å². The summed E-state index contributed by atoms with van der Waals surface area (Å²) in [5, 5.41) is 4.22. The van der Waals surface area contributed by atoms with Gasteiger partial charge in [-0.15, -0.1) is 0 Å². The Hall–Kier alpha value is -2.03. The Bertz CT molecular complexity index is 607. The van der Waals surface area contributed by atoms with Crippen LogP contribution in [-0.2, 0) is 0 Å². The van der Waals surface area contributed by atoms with Gasteiger partial charge in [-0.3, -0.25) is 0 Å². The third kappa shape index (κ3) is 1.16. The fraction of sp³-hybridized carbons (Fsp3) is 0.0833. The van der Waals surface area contributed by atoms with Crippen molar-refractivity contribution in [3.05, 3.63) is 48.4 Å². The maximum absolute atomic E-state index is 5.40. The van der Waals surface area contributed by atoms with Gasteiger partial charge in [-0.05, 0) is 12.5 Å². The number of nitrogens with zero attached hydrogens (tertiary/aromatic N) is 2. The van der Waals surface area contributed by atoms with E-state index in [9.17, 15) is 0 Å². The summed E-state index contributed by atoms with van der Waals surface area (Å²) in [4.78, 5) is 0. The molecule has 2 aromatic heterocycles. The van der Waals surface area contributed by atoms with Gasteiger partial charge in [-0.1, -0.05) is 24.3 Å². The number of oxazole rings is 1. The first-order chi connectivity index (χ1) is 7.36. The number of aryl methyl sites for hydroxylation is 1. The average Bonchev–Trinajstić information content (AvgIpc) is 2.80. The highest BCUT2D eigenvalue weighted by Gasteiger charge is 2.09. The van der Waals surface area contributed by atoms with Crippen LogP contribution in [-0.4, -0.2) is 9.61 Å². The Balaban J connectivity index is 2.31. The number of hydrogen-bond donors (Lipinski definition) is 0. The Morgan fingerprint density at radius 2 is 2.07 bits per heavy atom. The van der Waals surface area contributed by atoms with E-state index in [4.69, 9.17) is 4.42 Å². The second-order valence-corrected chi connectivity index (χ2v) is 3.52. The molecule has 0 radical (unpaired) electrons. The van der Waals surface area contributed by atoms with Gasteiger partial charge in [0, 0.05) is 11.6 Å². The van der Waals surface area contributed by atoms with E-state index in [1.807, 2.05) is 22.7 Å². The molecular weight excluding hydrogens is 188 g/mol. The van der Waals surface area contributed by atoms with E-state index in [2.05, 4.69) is 24.2 Å². The Kier molecular flexibility index (Phi) is 1.65. The zero-order chi connectivity index (χ0) is 10.3. The van der Waals surface area contributed by atoms with Crippen molar-refractivity contribution >= 4 is 5.71 Å². The number of hydrogen-bond acceptors (Lipinski definition) is 2. The van der Waals surface area contributed by atoms with E-state index in [0.29, 0.717) is 0 Å². The lowest BCUT2D eigenvalue weighted by Gasteiger charge is -2.01. The molecule has 0 saturated carbocycles. The summed E-state index contributed by atoms with van der Waals surface area (Å²) >= 11 is 0. The minimum atomic E-state index is 0.772. The molecule has 0 bridgehead atoms. The fourth-order valence-corrected chi connectivity index (χ4v) is 1.77. The van der Waals surface area contributed by atoms with Gasteiger partial charge in [0.1, 0.15) is 12.0 Å². The molecule has 0 aliphatic heterocycles. The third-order valence-corrected chi connectivity index (χ3v) is 2.55. The van der Waals surface area contributed by atoms with Crippen LogP contribution in [0.4, 0.5) is 0 Å². The van der Waals surface area contributed by atoms with Crippen molar-refractivity contribution in [2.75, 3.05) is 0 Å². The molecule has 0 saturated heterocycles. The molecule has 0 spiro atoms. The zero-order valence-corrected chi connectivity index (χ0v) is 8.34. The zero-order valence-electron chi connectivity index (χ0n) is 8.34. The van der Waals surface area contributed by atoms with Crippen molar-refractivity contribution < 1.29 is 4.42 Å². The van der Waals surface area contributed by atoms with Crippen LogP contribution in [0.2, 0.25) is 0 Å². The summed E-state index contributed by atoms with van der Waals surface area (Å²) in [7, 11) is 0. The minimum absolute atomic E-state index is 0.772. The van der Waals surface area contributed by atoms with Crippen molar-refractivity contribution in [1.82, 2.24) is 9.61 Å². The number of benzene rings is 1. The third-order valence-electron chi connectivity index (χ3n) is 2.55. The Labute approximate surface area is 87.0 Å². The normalized spacial score (nSPS) is 11.0. The first-order valence-electron chi connectivity index (χ1n) is 4.83. The second-order valence-electron chi connectivity index (χ2n) is 3.52. The van der Waals surface area contributed by atoms with Crippen LogP contribution in [0.25, 0.3) is 17.0 Å². The summed E-state index contributed by atoms with van der Waals surface area (Å²) in [6, 6.07) is 10.0. The smallest absolute Gasteiger partial charge is 0.221 e. The molecule has 1 aromatic carbocycles. The molecular formula is C12H10N2O. The standard InChI is InChI=1S/C12H10N2O/c1-9-4-2-3-5-10(9)11-8-15-12-6-7-13-14(11)12/h2-8H,1H3. The molecule has 0 N–H and O–H groups in total. The van der Waals surface area contributed by atoms with Crippen molar-refractivity contribution in [3.63, 3.8) is 0 Å². The quantitative estimate of drug-likeness (QED) is 0.601. The lowest BCUT2D eigenvalue weighted by atomic mass is 10.1. The van der Waals surface area contributed by atoms with Crippen molar-refractivity contribution in [2.45, 2.75) is 6.92 Å². The molecule has 15 heavy (non-hydrogen) atoms. The molecule has 0 aliphatic carbocycles. The predicted octanol–water partition coefficient (Wildman–Crippen LogP) is 2.90. The van der Waals surface area contributed by atoms with Gasteiger partial charge in [0.2, 0.25) is 5.71 Å². The van der Waals surface area contributed by atoms with Crippen LogP contribution in [0.3, 0.4) is 0 Å². The van der Waals surface area contributed by atoms with Gasteiger partial charge < -0.3 is 4.42 Å². The predicted molar refractivity (Wildman–Crippen MR) is 57.6 cm³/mol. The van der Waals surface area contributed by atoms with Crippen LogP contribution >= 0.6 is 0 Å². The lowest BCUT2D eigenvalue weighted by Crippen LogP contribution is -1.89. The van der Waals surface area contributed by atoms with Gasteiger partial charge in [-0.25, -0.2) is 0 Å². The first-order valence-corrected chi connectivity index (χ1v) is 4.83. The number of rotatable bonds is 1. The summed E-state index contributed by atoms with van der Waals surface area (Å²) in [5.74, 6) is 0. The molecule has 74 valence electrons. The van der Waals surface area contributed by atoms with Gasteiger partial charge in [-0.2, -0.15) is 9.61 Å². The molecule has 0 atom stereocenters. The van der Waals surface area contributed by atoms with Crippen molar-refractivity contribution in [1.29, 1.82) is 0 Å². The van der Waals surface area contributed by atoms with E-state index in [0.717, 1.165) is 17.0 Å². The van der Waals surface area contributed by atoms with E-state index in [1.54, 1.807) is 12.5 Å². The van der Waals surface area contributed by atoms with Gasteiger partial charge >= 0.3 is 0 Å². The highest BCUT2D eigenvalue weighted by molar-refractivity contribution is 5.65. The maximum Gasteiger partial charge on any atom is 0.221 e. The highest BCUT2D eigenvalue weighted by atomic mass is 16.3. The molecule has 3 heteroatoms. The highest BCUT2D eigenvalue weighted by Crippen LogP contribution is 2.24. The lowest BCUT2D eigenvalue weighted by molar-refractivity contribution is 0.606. The minimum Gasteiger partial charge on any atom is -0.444 e. The molecule has 0 aliphatic rings. The van der Waals surface area contributed by atoms with Gasteiger partial charge in [0.05, 0.1) is 6.20 Å². The van der Waals surface area contributed by atoms with Crippen LogP contribution in [0.1, 0.15) is 5.56 Å². The Morgan fingerprint density at radius 3 is 2.93 bits per heavy atom. The molecule has 0 fully saturated rings. The van der Waals surface area contributed by atoms with Crippen LogP contribution in [0, 0.1) is 6.92 Å². The van der Waals surface area contributed by atoms with E-state index >= 15 is 0 Å².